The molecule has 0 fully saturated rings. The first-order valence-electron chi connectivity index (χ1n) is 5.73. The molecule has 0 amide bonds. The average Bonchev–Trinajstić information content (AvgIpc) is 2.50. The van der Waals surface area contributed by atoms with Crippen LogP contribution in [0.1, 0.15) is 25.1 Å². The van der Waals surface area contributed by atoms with Crippen molar-refractivity contribution in [2.45, 2.75) is 25.9 Å². The Morgan fingerprint density at radius 1 is 1.28 bits per heavy atom. The summed E-state index contributed by atoms with van der Waals surface area (Å²) < 4.78 is 2.55. The van der Waals surface area contributed by atoms with Gasteiger partial charge < -0.3 is 5.11 Å². The second kappa shape index (κ2) is 4.10. The smallest absolute Gasteiger partial charge is 0.335 e. The van der Waals surface area contributed by atoms with E-state index in [0.29, 0.717) is 11.0 Å². The molecule has 0 unspecified atom stereocenters. The highest BCUT2D eigenvalue weighted by Crippen LogP contribution is 2.14. The van der Waals surface area contributed by atoms with Crippen LogP contribution >= 0.6 is 0 Å². The molecule has 18 heavy (non-hydrogen) atoms. The monoisotopic (exact) mass is 248 g/mol. The fraction of sp³-hybridized carbons (Fsp3) is 0.385. The summed E-state index contributed by atoms with van der Waals surface area (Å²) in [5.41, 5.74) is -0.246. The number of aryl methyl sites for hydroxylation is 1. The van der Waals surface area contributed by atoms with Crippen LogP contribution in [0.2, 0.25) is 0 Å². The van der Waals surface area contributed by atoms with Gasteiger partial charge in [0.25, 0.3) is 0 Å². The number of aromatic nitrogens is 2. The number of aliphatic hydroxyl groups is 1. The Labute approximate surface area is 104 Å². The number of hydrogen-bond donors (Lipinski definition) is 1. The number of carbonyl (C=O) groups is 1. The zero-order valence-corrected chi connectivity index (χ0v) is 10.7. The Balaban J connectivity index is 2.61. The molecule has 0 atom stereocenters. The minimum atomic E-state index is -1.13. The Kier molecular flexibility index (Phi) is 2.86. The van der Waals surface area contributed by atoms with Gasteiger partial charge in [0.2, 0.25) is 5.91 Å². The molecule has 0 saturated carbocycles. The zero-order valence-electron chi connectivity index (χ0n) is 10.7. The summed E-state index contributed by atoms with van der Waals surface area (Å²) in [4.78, 5) is 24.1. The van der Waals surface area contributed by atoms with E-state index in [9.17, 15) is 14.7 Å². The molecule has 2 rings (SSSR count). The van der Waals surface area contributed by atoms with E-state index in [2.05, 4.69) is 0 Å². The molecule has 0 bridgehead atoms. The van der Waals surface area contributed by atoms with Crippen molar-refractivity contribution in [3.8, 4) is 0 Å². The molecule has 1 heterocycles. The summed E-state index contributed by atoms with van der Waals surface area (Å²) >= 11 is 0. The van der Waals surface area contributed by atoms with Crippen LogP contribution in [-0.2, 0) is 7.05 Å². The SMILES string of the molecule is Cn1c(=O)n(C(=O)CC(C)(C)O)c2ccccc21. The van der Waals surface area contributed by atoms with Gasteiger partial charge in [-0.05, 0) is 26.0 Å². The molecule has 0 spiro atoms. The lowest BCUT2D eigenvalue weighted by atomic mass is 10.1. The lowest BCUT2D eigenvalue weighted by Gasteiger charge is -2.15. The van der Waals surface area contributed by atoms with Gasteiger partial charge in [-0.3, -0.25) is 9.36 Å². The average molecular weight is 248 g/mol. The highest BCUT2D eigenvalue weighted by molar-refractivity contribution is 5.90. The van der Waals surface area contributed by atoms with Crippen LogP contribution in [-0.4, -0.2) is 25.7 Å². The predicted octanol–water partition coefficient (Wildman–Crippen LogP) is 1.14. The molecule has 0 aliphatic carbocycles. The first-order chi connectivity index (χ1) is 8.31. The first kappa shape index (κ1) is 12.6. The summed E-state index contributed by atoms with van der Waals surface area (Å²) in [6.45, 7) is 3.09. The summed E-state index contributed by atoms with van der Waals surface area (Å²) in [7, 11) is 1.62. The molecule has 2 aromatic rings. The molecule has 1 aromatic carbocycles. The molecule has 1 N–H and O–H groups in total. The fourth-order valence-corrected chi connectivity index (χ4v) is 1.98. The fourth-order valence-electron chi connectivity index (χ4n) is 1.98. The highest BCUT2D eigenvalue weighted by Gasteiger charge is 2.23. The van der Waals surface area contributed by atoms with Gasteiger partial charge in [0.1, 0.15) is 0 Å². The van der Waals surface area contributed by atoms with E-state index in [1.54, 1.807) is 39.1 Å². The predicted molar refractivity (Wildman–Crippen MR) is 68.7 cm³/mol. The molecule has 0 aliphatic rings. The van der Waals surface area contributed by atoms with Crippen LogP contribution in [0.15, 0.2) is 29.1 Å². The number of nitrogens with zero attached hydrogens (tertiary/aromatic N) is 2. The van der Waals surface area contributed by atoms with Crippen molar-refractivity contribution in [3.05, 3.63) is 34.7 Å². The summed E-state index contributed by atoms with van der Waals surface area (Å²) in [6, 6.07) is 7.09. The van der Waals surface area contributed by atoms with Crippen LogP contribution in [0.5, 0.6) is 0 Å². The lowest BCUT2D eigenvalue weighted by molar-refractivity contribution is 0.0530. The Morgan fingerprint density at radius 3 is 2.39 bits per heavy atom. The maximum atomic E-state index is 12.1. The second-order valence-electron chi connectivity index (χ2n) is 5.05. The van der Waals surface area contributed by atoms with Crippen LogP contribution in [0.4, 0.5) is 0 Å². The Morgan fingerprint density at radius 2 is 1.83 bits per heavy atom. The van der Waals surface area contributed by atoms with Crippen molar-refractivity contribution in [2.24, 2.45) is 7.05 Å². The second-order valence-corrected chi connectivity index (χ2v) is 5.05. The van der Waals surface area contributed by atoms with E-state index in [4.69, 9.17) is 0 Å². The number of benzene rings is 1. The normalized spacial score (nSPS) is 12.0. The van der Waals surface area contributed by atoms with Gasteiger partial charge in [-0.2, -0.15) is 0 Å². The molecular formula is C13H16N2O3. The molecule has 96 valence electrons. The van der Waals surface area contributed by atoms with Gasteiger partial charge in [-0.1, -0.05) is 12.1 Å². The topological polar surface area (TPSA) is 64.2 Å². The Hall–Kier alpha value is -1.88. The van der Waals surface area contributed by atoms with Gasteiger partial charge >= 0.3 is 5.69 Å². The summed E-state index contributed by atoms with van der Waals surface area (Å²) in [5, 5.41) is 9.68. The molecule has 1 aromatic heterocycles. The van der Waals surface area contributed by atoms with Crippen LogP contribution in [0, 0.1) is 0 Å². The Bertz CT molecular complexity index is 659. The maximum Gasteiger partial charge on any atom is 0.335 e. The standard InChI is InChI=1S/C13H16N2O3/c1-13(2,18)8-11(16)15-10-7-5-4-6-9(10)14(3)12(15)17/h4-7,18H,8H2,1-3H3. The van der Waals surface area contributed by atoms with Gasteiger partial charge in [-0.25, -0.2) is 9.36 Å². The molecule has 5 nitrogen and oxygen atoms in total. The van der Waals surface area contributed by atoms with Crippen molar-refractivity contribution >= 4 is 16.9 Å². The van der Waals surface area contributed by atoms with Gasteiger partial charge in [0, 0.05) is 7.05 Å². The third-order valence-corrected chi connectivity index (χ3v) is 2.80. The summed E-state index contributed by atoms with van der Waals surface area (Å²) in [6.07, 6.45) is -0.0963. The van der Waals surface area contributed by atoms with Gasteiger partial charge in [-0.15, -0.1) is 0 Å². The number of para-hydroxylation sites is 2. The minimum Gasteiger partial charge on any atom is -0.390 e. The van der Waals surface area contributed by atoms with E-state index in [0.717, 1.165) is 4.57 Å². The number of hydrogen-bond acceptors (Lipinski definition) is 3. The van der Waals surface area contributed by atoms with Crippen molar-refractivity contribution in [2.75, 3.05) is 0 Å². The molecular weight excluding hydrogens is 232 g/mol. The van der Waals surface area contributed by atoms with Gasteiger partial charge in [0.15, 0.2) is 0 Å². The largest absolute Gasteiger partial charge is 0.390 e. The quantitative estimate of drug-likeness (QED) is 0.866. The molecule has 5 heteroatoms. The van der Waals surface area contributed by atoms with Gasteiger partial charge in [0.05, 0.1) is 23.1 Å². The third-order valence-electron chi connectivity index (χ3n) is 2.80. The zero-order chi connectivity index (χ0) is 13.5. The minimum absolute atomic E-state index is 0.0963. The van der Waals surface area contributed by atoms with Crippen LogP contribution < -0.4 is 5.69 Å². The number of carbonyl (C=O) groups excluding carboxylic acids is 1. The summed E-state index contributed by atoms with van der Waals surface area (Å²) in [5.74, 6) is -0.399. The van der Waals surface area contributed by atoms with Crippen molar-refractivity contribution in [1.29, 1.82) is 0 Å². The highest BCUT2D eigenvalue weighted by atomic mass is 16.3. The van der Waals surface area contributed by atoms with Crippen LogP contribution in [0.25, 0.3) is 11.0 Å². The van der Waals surface area contributed by atoms with E-state index in [1.165, 1.54) is 4.57 Å². The van der Waals surface area contributed by atoms with E-state index in [1.807, 2.05) is 6.07 Å². The number of fused-ring (bicyclic) bond motifs is 1. The van der Waals surface area contributed by atoms with Crippen LogP contribution in [0.3, 0.4) is 0 Å². The number of imidazole rings is 1. The van der Waals surface area contributed by atoms with Crippen molar-refractivity contribution < 1.29 is 9.90 Å². The number of rotatable bonds is 2. The van der Waals surface area contributed by atoms with Crippen molar-refractivity contribution in [3.63, 3.8) is 0 Å². The molecule has 0 radical (unpaired) electrons. The van der Waals surface area contributed by atoms with E-state index >= 15 is 0 Å². The lowest BCUT2D eigenvalue weighted by Crippen LogP contribution is -2.33. The van der Waals surface area contributed by atoms with E-state index in [-0.39, 0.29) is 12.1 Å². The molecule has 0 saturated heterocycles. The third kappa shape index (κ3) is 2.09. The molecule has 0 aliphatic heterocycles. The first-order valence-corrected chi connectivity index (χ1v) is 5.73. The maximum absolute atomic E-state index is 12.1. The van der Waals surface area contributed by atoms with E-state index < -0.39 is 11.5 Å². The van der Waals surface area contributed by atoms with Crippen molar-refractivity contribution in [1.82, 2.24) is 9.13 Å².